The maximum absolute atomic E-state index is 2.53. The first-order valence-electron chi connectivity index (χ1n) is 21.3. The molecule has 50 heavy (non-hydrogen) atoms. The van der Waals surface area contributed by atoms with Gasteiger partial charge in [0.1, 0.15) is 0 Å². The van der Waals surface area contributed by atoms with Crippen LogP contribution in [0.5, 0.6) is 0 Å². The van der Waals surface area contributed by atoms with Crippen LogP contribution in [0.1, 0.15) is 193 Å². The fourth-order valence-electron chi connectivity index (χ4n) is 7.94. The van der Waals surface area contributed by atoms with Gasteiger partial charge >= 0.3 is 0 Å². The molecule has 0 bridgehead atoms. The van der Waals surface area contributed by atoms with Crippen LogP contribution in [0.4, 0.5) is 0 Å². The molecule has 0 aliphatic rings. The third-order valence-corrected chi connectivity index (χ3v) is 15.7. The van der Waals surface area contributed by atoms with Gasteiger partial charge in [-0.1, -0.05) is 169 Å². The first kappa shape index (κ1) is 41.8. The lowest BCUT2D eigenvalue weighted by atomic mass is 9.89. The van der Waals surface area contributed by atoms with Crippen molar-refractivity contribution in [1.29, 1.82) is 0 Å². The third kappa shape index (κ3) is 14.5. The molecule has 0 aromatic carbocycles. The van der Waals surface area contributed by atoms with E-state index >= 15 is 0 Å². The van der Waals surface area contributed by atoms with Crippen LogP contribution in [0.25, 0.3) is 28.9 Å². The Labute approximate surface area is 324 Å². The van der Waals surface area contributed by atoms with E-state index in [1.165, 1.54) is 186 Å². The summed E-state index contributed by atoms with van der Waals surface area (Å²) in [6.07, 6.45) is 36.3. The van der Waals surface area contributed by atoms with E-state index in [1.54, 1.807) is 20.9 Å². The molecule has 0 aliphatic carbocycles. The van der Waals surface area contributed by atoms with Crippen LogP contribution in [0.15, 0.2) is 35.0 Å². The van der Waals surface area contributed by atoms with Gasteiger partial charge in [-0.25, -0.2) is 0 Å². The summed E-state index contributed by atoms with van der Waals surface area (Å²) >= 11 is 8.02. The van der Waals surface area contributed by atoms with Crippen LogP contribution in [0.3, 0.4) is 0 Å². The Kier molecular flexibility index (Phi) is 21.0. The van der Waals surface area contributed by atoms with E-state index in [9.17, 15) is 0 Å². The molecule has 4 heterocycles. The minimum absolute atomic E-state index is 0.901. The molecule has 4 aromatic rings. The number of aryl methyl sites for hydroxylation is 2. The van der Waals surface area contributed by atoms with E-state index in [2.05, 4.69) is 62.7 Å². The Morgan fingerprint density at radius 3 is 1.12 bits per heavy atom. The number of thiophene rings is 4. The lowest BCUT2D eigenvalue weighted by molar-refractivity contribution is 0.382. The highest BCUT2D eigenvalue weighted by Gasteiger charge is 2.18. The largest absolute Gasteiger partial charge is 0.143 e. The molecule has 0 amide bonds. The summed E-state index contributed by atoms with van der Waals surface area (Å²) < 4.78 is 2.97. The van der Waals surface area contributed by atoms with Gasteiger partial charge in [0.05, 0.1) is 0 Å². The molecule has 2 atom stereocenters. The lowest BCUT2D eigenvalue weighted by Crippen LogP contribution is -2.03. The first-order chi connectivity index (χ1) is 24.7. The van der Waals surface area contributed by atoms with Crippen molar-refractivity contribution in [2.45, 2.75) is 195 Å². The maximum Gasteiger partial charge on any atom is 0.0475 e. The van der Waals surface area contributed by atoms with Gasteiger partial charge in [0.2, 0.25) is 0 Å². The quantitative estimate of drug-likeness (QED) is 0.0465. The molecule has 4 rings (SSSR count). The van der Waals surface area contributed by atoms with Crippen LogP contribution < -0.4 is 0 Å². The summed E-state index contributed by atoms with van der Waals surface area (Å²) in [7, 11) is 0. The van der Waals surface area contributed by atoms with Crippen LogP contribution in [0, 0.1) is 11.8 Å². The second kappa shape index (κ2) is 25.1. The second-order valence-corrected chi connectivity index (χ2v) is 19.4. The molecular weight excluding hydrogens is 681 g/mol. The summed E-state index contributed by atoms with van der Waals surface area (Å²) in [5, 5.41) is 4.70. The second-order valence-electron chi connectivity index (χ2n) is 15.4. The molecule has 0 spiro atoms. The zero-order valence-electron chi connectivity index (χ0n) is 32.6. The van der Waals surface area contributed by atoms with E-state index < -0.39 is 0 Å². The van der Waals surface area contributed by atoms with Gasteiger partial charge in [0.15, 0.2) is 0 Å². The molecule has 0 aliphatic heterocycles. The predicted molar refractivity (Wildman–Crippen MR) is 234 cm³/mol. The van der Waals surface area contributed by atoms with Gasteiger partial charge < -0.3 is 0 Å². The highest BCUT2D eigenvalue weighted by Crippen LogP contribution is 2.46. The molecule has 0 radical (unpaired) electrons. The molecule has 0 fully saturated rings. The summed E-state index contributed by atoms with van der Waals surface area (Å²) in [5.74, 6) is 1.80. The Balaban J connectivity index is 1.35. The third-order valence-electron chi connectivity index (χ3n) is 11.2. The fourth-order valence-corrected chi connectivity index (χ4v) is 12.6. The molecule has 0 nitrogen and oxygen atoms in total. The zero-order chi connectivity index (χ0) is 35.2. The molecule has 0 saturated carbocycles. The Morgan fingerprint density at radius 1 is 0.420 bits per heavy atom. The SMILES string of the molecule is CCCCCCCC(CCCCCC)CCc1ccsc1-c1cc2sc(-c3sccc3CCC(CCCCCC)CCCCCCC)cc2s1. The fraction of sp³-hybridized carbons (Fsp3) is 0.696. The van der Waals surface area contributed by atoms with Gasteiger partial charge in [0.25, 0.3) is 0 Å². The van der Waals surface area contributed by atoms with Gasteiger partial charge in [-0.15, -0.1) is 45.3 Å². The molecule has 0 N–H and O–H groups in total. The van der Waals surface area contributed by atoms with E-state index in [4.69, 9.17) is 0 Å². The predicted octanol–water partition coefficient (Wildman–Crippen LogP) is 18.2. The molecule has 4 aromatic heterocycles. The highest BCUT2D eigenvalue weighted by atomic mass is 32.1. The standard InChI is InChI=1S/C46H72S4/c1-5-9-13-17-21-25-37(23-19-15-11-7-3)27-29-39-31-33-47-45(39)43-35-41-42(49-43)36-44(50-41)46-40(32-34-48-46)30-28-38(24-20-16-12-8-4)26-22-18-14-10-6-2/h31-38H,5-30H2,1-4H3. The summed E-state index contributed by atoms with van der Waals surface area (Å²) in [4.78, 5) is 6.09. The number of hydrogen-bond donors (Lipinski definition) is 0. The molecule has 0 saturated heterocycles. The topological polar surface area (TPSA) is 0 Å². The van der Waals surface area contributed by atoms with Crippen molar-refractivity contribution in [2.75, 3.05) is 0 Å². The minimum Gasteiger partial charge on any atom is -0.143 e. The minimum atomic E-state index is 0.901. The van der Waals surface area contributed by atoms with Crippen LogP contribution in [0.2, 0.25) is 0 Å². The number of rotatable bonds is 30. The van der Waals surface area contributed by atoms with Gasteiger partial charge in [0, 0.05) is 28.9 Å². The summed E-state index contributed by atoms with van der Waals surface area (Å²) in [6, 6.07) is 9.93. The number of fused-ring (bicyclic) bond motifs is 1. The van der Waals surface area contributed by atoms with Gasteiger partial charge in [-0.05, 0) is 83.7 Å². The normalized spacial score (nSPS) is 13.1. The number of hydrogen-bond acceptors (Lipinski definition) is 4. The molecule has 2 unspecified atom stereocenters. The summed E-state index contributed by atoms with van der Waals surface area (Å²) in [6.45, 7) is 9.33. The average molecular weight is 753 g/mol. The van der Waals surface area contributed by atoms with Crippen molar-refractivity contribution in [1.82, 2.24) is 0 Å². The zero-order valence-corrected chi connectivity index (χ0v) is 35.9. The Morgan fingerprint density at radius 2 is 0.760 bits per heavy atom. The van der Waals surface area contributed by atoms with Crippen molar-refractivity contribution in [3.8, 4) is 19.5 Å². The average Bonchev–Trinajstić information content (AvgIpc) is 3.93. The highest BCUT2D eigenvalue weighted by molar-refractivity contribution is 7.33. The first-order valence-corrected chi connectivity index (χ1v) is 24.7. The van der Waals surface area contributed by atoms with E-state index in [-0.39, 0.29) is 0 Å². The Hall–Kier alpha value is -0.940. The lowest BCUT2D eigenvalue weighted by Gasteiger charge is -2.17. The van der Waals surface area contributed by atoms with E-state index in [0.717, 1.165) is 11.8 Å². The van der Waals surface area contributed by atoms with Crippen molar-refractivity contribution >= 4 is 54.7 Å². The van der Waals surface area contributed by atoms with Crippen LogP contribution >= 0.6 is 45.3 Å². The van der Waals surface area contributed by atoms with Crippen molar-refractivity contribution in [2.24, 2.45) is 11.8 Å². The van der Waals surface area contributed by atoms with Gasteiger partial charge in [-0.3, -0.25) is 0 Å². The number of unbranched alkanes of at least 4 members (excludes halogenated alkanes) is 14. The smallest absolute Gasteiger partial charge is 0.0475 e. The van der Waals surface area contributed by atoms with E-state index in [0.29, 0.717) is 0 Å². The van der Waals surface area contributed by atoms with Crippen molar-refractivity contribution in [3.05, 3.63) is 46.2 Å². The Bertz CT molecular complexity index is 1270. The maximum atomic E-state index is 2.53. The summed E-state index contributed by atoms with van der Waals surface area (Å²) in [5.41, 5.74) is 3.20. The van der Waals surface area contributed by atoms with Crippen molar-refractivity contribution < 1.29 is 0 Å². The van der Waals surface area contributed by atoms with Crippen molar-refractivity contribution in [3.63, 3.8) is 0 Å². The monoisotopic (exact) mass is 752 g/mol. The van der Waals surface area contributed by atoms with Crippen LogP contribution in [-0.4, -0.2) is 0 Å². The molecular formula is C46H72S4. The van der Waals surface area contributed by atoms with Gasteiger partial charge in [-0.2, -0.15) is 0 Å². The van der Waals surface area contributed by atoms with E-state index in [1.807, 2.05) is 45.3 Å². The van der Waals surface area contributed by atoms with Crippen LogP contribution in [-0.2, 0) is 12.8 Å². The molecule has 280 valence electrons. The molecule has 4 heteroatoms.